The van der Waals surface area contributed by atoms with Crippen LogP contribution in [0.4, 0.5) is 26.3 Å². The van der Waals surface area contributed by atoms with Crippen LogP contribution in [-0.4, -0.2) is 28.6 Å². The molecule has 1 unspecified atom stereocenters. The van der Waals surface area contributed by atoms with Gasteiger partial charge in [-0.1, -0.05) is 45.0 Å². The van der Waals surface area contributed by atoms with Crippen molar-refractivity contribution in [3.8, 4) is 0 Å². The van der Waals surface area contributed by atoms with E-state index in [0.29, 0.717) is 5.56 Å². The molecule has 1 aromatic carbocycles. The summed E-state index contributed by atoms with van der Waals surface area (Å²) in [5.41, 5.74) is -4.91. The minimum atomic E-state index is -5.60. The molecule has 0 amide bonds. The van der Waals surface area contributed by atoms with Crippen LogP contribution in [0.15, 0.2) is 35.5 Å². The number of aliphatic imine (C=N–C) groups is 1. The fourth-order valence-electron chi connectivity index (χ4n) is 3.37. The van der Waals surface area contributed by atoms with Gasteiger partial charge in [0.05, 0.1) is 0 Å². The smallest absolute Gasteiger partial charge is 0.326 e. The van der Waals surface area contributed by atoms with Gasteiger partial charge in [0, 0.05) is 11.6 Å². The molecular weight excluding hydrogens is 346 g/mol. The highest BCUT2D eigenvalue weighted by atomic mass is 19.4. The fraction of sp³-hybridized carbons (Fsp3) is 0.471. The Morgan fingerprint density at radius 1 is 0.960 bits per heavy atom. The molecule has 2 heterocycles. The van der Waals surface area contributed by atoms with Crippen LogP contribution in [0.25, 0.3) is 6.08 Å². The van der Waals surface area contributed by atoms with Crippen molar-refractivity contribution in [3.63, 3.8) is 0 Å². The van der Waals surface area contributed by atoms with E-state index in [-0.39, 0.29) is 11.4 Å². The summed E-state index contributed by atoms with van der Waals surface area (Å²) >= 11 is 0. The second-order valence-electron chi connectivity index (χ2n) is 7.20. The minimum Gasteiger partial charge on any atom is -0.326 e. The molecule has 136 valence electrons. The molecule has 0 spiro atoms. The predicted molar refractivity (Wildman–Crippen MR) is 81.8 cm³/mol. The van der Waals surface area contributed by atoms with Crippen molar-refractivity contribution in [2.75, 3.05) is 0 Å². The SMILES string of the molecule is CC(C)(C)C1=NC(C(F)(F)F)(C(F)(F)F)C2c3ccccc3C=CN12. The molecule has 2 nitrogen and oxygen atoms in total. The molecular formula is C17H16F6N2. The average molecular weight is 362 g/mol. The number of fused-ring (bicyclic) bond motifs is 3. The largest absolute Gasteiger partial charge is 0.425 e. The van der Waals surface area contributed by atoms with Gasteiger partial charge in [0.2, 0.25) is 0 Å². The Labute approximate surface area is 140 Å². The Hall–Kier alpha value is -1.99. The summed E-state index contributed by atoms with van der Waals surface area (Å²) in [5, 5.41) is 0. The van der Waals surface area contributed by atoms with Crippen molar-refractivity contribution < 1.29 is 26.3 Å². The molecule has 0 bridgehead atoms. The Morgan fingerprint density at radius 2 is 1.52 bits per heavy atom. The molecule has 0 radical (unpaired) electrons. The van der Waals surface area contributed by atoms with E-state index in [0.717, 1.165) is 4.90 Å². The van der Waals surface area contributed by atoms with Gasteiger partial charge in [-0.3, -0.25) is 0 Å². The fourth-order valence-corrected chi connectivity index (χ4v) is 3.37. The molecule has 8 heteroatoms. The third-order valence-corrected chi connectivity index (χ3v) is 4.44. The lowest BCUT2D eigenvalue weighted by Gasteiger charge is -2.41. The van der Waals surface area contributed by atoms with Gasteiger partial charge in [-0.2, -0.15) is 26.3 Å². The summed E-state index contributed by atoms with van der Waals surface area (Å²) in [7, 11) is 0. The van der Waals surface area contributed by atoms with Crippen molar-refractivity contribution in [1.82, 2.24) is 4.90 Å². The first-order chi connectivity index (χ1) is 11.3. The van der Waals surface area contributed by atoms with E-state index >= 15 is 0 Å². The molecule has 0 N–H and O–H groups in total. The number of rotatable bonds is 0. The van der Waals surface area contributed by atoms with Crippen molar-refractivity contribution in [3.05, 3.63) is 41.6 Å². The molecule has 0 fully saturated rings. The van der Waals surface area contributed by atoms with Gasteiger partial charge in [0.15, 0.2) is 0 Å². The number of alkyl halides is 6. The van der Waals surface area contributed by atoms with Crippen molar-refractivity contribution in [2.45, 2.75) is 44.7 Å². The van der Waals surface area contributed by atoms with Crippen LogP contribution in [-0.2, 0) is 0 Å². The Bertz CT molecular complexity index is 738. The third-order valence-electron chi connectivity index (χ3n) is 4.44. The zero-order chi connectivity index (χ0) is 18.8. The lowest BCUT2D eigenvalue weighted by Crippen LogP contribution is -2.59. The lowest BCUT2D eigenvalue weighted by molar-refractivity contribution is -0.304. The van der Waals surface area contributed by atoms with Crippen LogP contribution in [0.3, 0.4) is 0 Å². The topological polar surface area (TPSA) is 15.6 Å². The van der Waals surface area contributed by atoms with Gasteiger partial charge < -0.3 is 4.90 Å². The monoisotopic (exact) mass is 362 g/mol. The van der Waals surface area contributed by atoms with Crippen molar-refractivity contribution in [1.29, 1.82) is 0 Å². The molecule has 1 aromatic rings. The van der Waals surface area contributed by atoms with Crippen LogP contribution < -0.4 is 0 Å². The summed E-state index contributed by atoms with van der Waals surface area (Å²) in [4.78, 5) is 4.34. The summed E-state index contributed by atoms with van der Waals surface area (Å²) < 4.78 is 83.2. The maximum Gasteiger partial charge on any atom is 0.425 e. The zero-order valence-electron chi connectivity index (χ0n) is 13.7. The predicted octanol–water partition coefficient (Wildman–Crippen LogP) is 5.34. The van der Waals surface area contributed by atoms with Gasteiger partial charge in [0.25, 0.3) is 5.54 Å². The van der Waals surface area contributed by atoms with Gasteiger partial charge >= 0.3 is 12.4 Å². The van der Waals surface area contributed by atoms with Gasteiger partial charge in [-0.25, -0.2) is 4.99 Å². The highest BCUT2D eigenvalue weighted by Crippen LogP contribution is 2.60. The van der Waals surface area contributed by atoms with Crippen molar-refractivity contribution >= 4 is 11.9 Å². The molecule has 0 aliphatic carbocycles. The standard InChI is InChI=1S/C17H16F6N2/c1-14(2,3)13-24-15(16(18,19)20,17(21,22)23)12-11-7-5-4-6-10(11)8-9-25(12)13/h4-9,12H,1-3H3. The highest BCUT2D eigenvalue weighted by Gasteiger charge is 2.79. The first-order valence-corrected chi connectivity index (χ1v) is 7.60. The number of hydrogen-bond acceptors (Lipinski definition) is 2. The Balaban J connectivity index is 2.37. The molecule has 0 saturated carbocycles. The molecule has 1 atom stereocenters. The first kappa shape index (κ1) is 17.8. The van der Waals surface area contributed by atoms with E-state index in [9.17, 15) is 26.3 Å². The van der Waals surface area contributed by atoms with E-state index in [2.05, 4.69) is 4.99 Å². The molecule has 0 saturated heterocycles. The van der Waals surface area contributed by atoms with Gasteiger partial charge in [-0.05, 0) is 17.2 Å². The van der Waals surface area contributed by atoms with Crippen LogP contribution in [0.5, 0.6) is 0 Å². The van der Waals surface area contributed by atoms with Crippen LogP contribution >= 0.6 is 0 Å². The van der Waals surface area contributed by atoms with Crippen LogP contribution in [0.1, 0.15) is 37.9 Å². The molecule has 2 aliphatic heterocycles. The molecule has 2 aliphatic rings. The Morgan fingerprint density at radius 3 is 2.04 bits per heavy atom. The Kier molecular flexibility index (Phi) is 3.58. The quantitative estimate of drug-likeness (QED) is 0.569. The molecule has 0 aromatic heterocycles. The van der Waals surface area contributed by atoms with Crippen molar-refractivity contribution in [2.24, 2.45) is 10.4 Å². The summed E-state index contributed by atoms with van der Waals surface area (Å²) in [6.07, 6.45) is -8.43. The molecule has 3 rings (SSSR count). The minimum absolute atomic E-state index is 0.0392. The van der Waals surface area contributed by atoms with Gasteiger partial charge in [0.1, 0.15) is 11.9 Å². The second kappa shape index (κ2) is 5.02. The number of halogens is 6. The normalized spacial score (nSPS) is 22.5. The number of benzene rings is 1. The van der Waals surface area contributed by atoms with E-state index in [1.165, 1.54) is 30.5 Å². The zero-order valence-corrected chi connectivity index (χ0v) is 13.7. The average Bonchev–Trinajstić information content (AvgIpc) is 2.83. The number of amidine groups is 1. The number of hydrogen-bond donors (Lipinski definition) is 0. The van der Waals surface area contributed by atoms with E-state index in [4.69, 9.17) is 0 Å². The maximum atomic E-state index is 13.9. The summed E-state index contributed by atoms with van der Waals surface area (Å²) in [5.74, 6) is -0.238. The summed E-state index contributed by atoms with van der Waals surface area (Å²) in [6, 6.07) is 3.78. The lowest BCUT2D eigenvalue weighted by atomic mass is 9.81. The third kappa shape index (κ3) is 2.37. The first-order valence-electron chi connectivity index (χ1n) is 7.60. The van der Waals surface area contributed by atoms with Crippen LogP contribution in [0, 0.1) is 5.41 Å². The number of nitrogens with zero attached hydrogens (tertiary/aromatic N) is 2. The molecule has 25 heavy (non-hydrogen) atoms. The van der Waals surface area contributed by atoms with E-state index in [1.54, 1.807) is 26.8 Å². The van der Waals surface area contributed by atoms with E-state index in [1.807, 2.05) is 0 Å². The van der Waals surface area contributed by atoms with Gasteiger partial charge in [-0.15, -0.1) is 0 Å². The van der Waals surface area contributed by atoms with E-state index < -0.39 is 29.3 Å². The second-order valence-corrected chi connectivity index (χ2v) is 7.20. The van der Waals surface area contributed by atoms with Crippen LogP contribution in [0.2, 0.25) is 0 Å². The maximum absolute atomic E-state index is 13.9. The summed E-state index contributed by atoms with van der Waals surface area (Å²) in [6.45, 7) is 4.63. The highest BCUT2D eigenvalue weighted by molar-refractivity contribution is 5.92.